The van der Waals surface area contributed by atoms with E-state index in [0.717, 1.165) is 71.9 Å². The lowest BCUT2D eigenvalue weighted by atomic mass is 10.3. The Kier molecular flexibility index (Phi) is 20.4. The number of amides is 1. The summed E-state index contributed by atoms with van der Waals surface area (Å²) in [5.41, 5.74) is 0. The van der Waals surface area contributed by atoms with Gasteiger partial charge in [-0.25, -0.2) is 0 Å². The van der Waals surface area contributed by atoms with Crippen molar-refractivity contribution in [3.8, 4) is 0 Å². The van der Waals surface area contributed by atoms with E-state index in [0.29, 0.717) is 32.8 Å². The fourth-order valence-corrected chi connectivity index (χ4v) is 2.77. The highest BCUT2D eigenvalue weighted by Crippen LogP contribution is 2.01. The van der Waals surface area contributed by atoms with Crippen molar-refractivity contribution < 1.29 is 19.0 Å². The summed E-state index contributed by atoms with van der Waals surface area (Å²) in [7, 11) is 0. The lowest BCUT2D eigenvalue weighted by Gasteiger charge is -2.34. The van der Waals surface area contributed by atoms with Crippen LogP contribution in [0.2, 0.25) is 0 Å². The van der Waals surface area contributed by atoms with Gasteiger partial charge in [-0.1, -0.05) is 27.7 Å². The van der Waals surface area contributed by atoms with Crippen LogP contribution in [0.4, 0.5) is 0 Å². The highest BCUT2D eigenvalue weighted by atomic mass is 16.5. The number of hydrogen-bond acceptors (Lipinski definition) is 6. The molecular formula is C21H45N3O4. The molecule has 168 valence electrons. The third-order valence-corrected chi connectivity index (χ3v) is 4.33. The maximum atomic E-state index is 11.3. The van der Waals surface area contributed by atoms with E-state index in [2.05, 4.69) is 22.0 Å². The Balaban J connectivity index is 0.00000352. The van der Waals surface area contributed by atoms with Gasteiger partial charge in [-0.05, 0) is 12.8 Å². The van der Waals surface area contributed by atoms with Crippen molar-refractivity contribution in [2.45, 2.75) is 47.0 Å². The Bertz CT molecular complexity index is 338. The van der Waals surface area contributed by atoms with Gasteiger partial charge in [0, 0.05) is 58.8 Å². The van der Waals surface area contributed by atoms with Crippen molar-refractivity contribution in [1.29, 1.82) is 0 Å². The molecular weight excluding hydrogens is 358 g/mol. The number of hydrogen-bond donors (Lipinski definition) is 1. The lowest BCUT2D eigenvalue weighted by molar-refractivity contribution is -0.121. The van der Waals surface area contributed by atoms with Crippen LogP contribution >= 0.6 is 0 Å². The topological polar surface area (TPSA) is 63.3 Å². The van der Waals surface area contributed by atoms with Crippen LogP contribution in [0.3, 0.4) is 0 Å². The molecule has 0 aromatic heterocycles. The number of piperazine rings is 1. The zero-order chi connectivity index (χ0) is 20.9. The van der Waals surface area contributed by atoms with Crippen LogP contribution in [0.25, 0.3) is 0 Å². The van der Waals surface area contributed by atoms with Crippen molar-refractivity contribution in [2.24, 2.45) is 0 Å². The van der Waals surface area contributed by atoms with Gasteiger partial charge in [0.25, 0.3) is 0 Å². The molecule has 0 aromatic rings. The predicted octanol–water partition coefficient (Wildman–Crippen LogP) is 2.01. The molecule has 0 radical (unpaired) electrons. The van der Waals surface area contributed by atoms with Crippen LogP contribution in [-0.4, -0.2) is 101 Å². The first-order chi connectivity index (χ1) is 13.8. The minimum absolute atomic E-state index is 0.0981. The smallest absolute Gasteiger partial charge is 0.220 e. The van der Waals surface area contributed by atoms with Gasteiger partial charge in [0.15, 0.2) is 0 Å². The number of carbonyl (C=O) groups is 1. The molecule has 0 spiro atoms. The van der Waals surface area contributed by atoms with Gasteiger partial charge in [-0.3, -0.25) is 14.6 Å². The SMILES string of the molecule is CC.CCCOCCN1CCN(CCOCCOCCNC(=O)CCC)CC1. The summed E-state index contributed by atoms with van der Waals surface area (Å²) in [4.78, 5) is 16.2. The third-order valence-electron chi connectivity index (χ3n) is 4.33. The second-order valence-corrected chi connectivity index (χ2v) is 6.62. The molecule has 0 unspecified atom stereocenters. The molecule has 1 amide bonds. The minimum atomic E-state index is 0.0981. The van der Waals surface area contributed by atoms with Crippen molar-refractivity contribution >= 4 is 5.91 Å². The van der Waals surface area contributed by atoms with Crippen LogP contribution in [-0.2, 0) is 19.0 Å². The number of nitrogens with one attached hydrogen (secondary N) is 1. The summed E-state index contributed by atoms with van der Waals surface area (Å²) in [5.74, 6) is 0.0981. The maximum Gasteiger partial charge on any atom is 0.220 e. The Labute approximate surface area is 173 Å². The molecule has 7 nitrogen and oxygen atoms in total. The Hall–Kier alpha value is -0.730. The number of nitrogens with zero attached hydrogens (tertiary/aromatic N) is 2. The summed E-state index contributed by atoms with van der Waals surface area (Å²) in [6, 6.07) is 0. The summed E-state index contributed by atoms with van der Waals surface area (Å²) in [6.07, 6.45) is 2.56. The van der Waals surface area contributed by atoms with Gasteiger partial charge in [0.05, 0.1) is 33.0 Å². The Morgan fingerprint density at radius 3 is 1.75 bits per heavy atom. The average Bonchev–Trinajstić information content (AvgIpc) is 2.72. The largest absolute Gasteiger partial charge is 0.380 e. The van der Waals surface area contributed by atoms with Gasteiger partial charge in [0.1, 0.15) is 0 Å². The van der Waals surface area contributed by atoms with Crippen molar-refractivity contribution in [3.05, 3.63) is 0 Å². The molecule has 1 aliphatic rings. The monoisotopic (exact) mass is 403 g/mol. The van der Waals surface area contributed by atoms with Gasteiger partial charge >= 0.3 is 0 Å². The van der Waals surface area contributed by atoms with Crippen molar-refractivity contribution in [3.63, 3.8) is 0 Å². The van der Waals surface area contributed by atoms with E-state index in [1.165, 1.54) is 0 Å². The molecule has 0 aromatic carbocycles. The first-order valence-corrected chi connectivity index (χ1v) is 11.2. The lowest BCUT2D eigenvalue weighted by Crippen LogP contribution is -2.48. The normalized spacial score (nSPS) is 15.1. The quantitative estimate of drug-likeness (QED) is 0.398. The van der Waals surface area contributed by atoms with Crippen LogP contribution in [0, 0.1) is 0 Å². The first-order valence-electron chi connectivity index (χ1n) is 11.2. The molecule has 1 aliphatic heterocycles. The second-order valence-electron chi connectivity index (χ2n) is 6.62. The summed E-state index contributed by atoms with van der Waals surface area (Å²) in [6.45, 7) is 19.4. The Morgan fingerprint density at radius 1 is 0.750 bits per heavy atom. The zero-order valence-electron chi connectivity index (χ0n) is 18.8. The molecule has 1 rings (SSSR count). The summed E-state index contributed by atoms with van der Waals surface area (Å²) < 4.78 is 16.6. The zero-order valence-corrected chi connectivity index (χ0v) is 18.8. The third kappa shape index (κ3) is 16.2. The van der Waals surface area contributed by atoms with E-state index in [-0.39, 0.29) is 5.91 Å². The van der Waals surface area contributed by atoms with Gasteiger partial charge < -0.3 is 19.5 Å². The standard InChI is InChI=1S/C19H39N3O4.C2H6/c1-3-5-19(23)20-6-14-25-17-18-26-16-12-22-9-7-21(8-10-22)11-15-24-13-4-2;1-2/h3-18H2,1-2H3,(H,20,23);1-2H3. The minimum Gasteiger partial charge on any atom is -0.380 e. The van der Waals surface area contributed by atoms with Crippen LogP contribution in [0.1, 0.15) is 47.0 Å². The average molecular weight is 404 g/mol. The van der Waals surface area contributed by atoms with Gasteiger partial charge in [-0.2, -0.15) is 0 Å². The van der Waals surface area contributed by atoms with Crippen molar-refractivity contribution in [1.82, 2.24) is 15.1 Å². The highest BCUT2D eigenvalue weighted by Gasteiger charge is 2.15. The van der Waals surface area contributed by atoms with Gasteiger partial charge in [-0.15, -0.1) is 0 Å². The second kappa shape index (κ2) is 21.0. The fourth-order valence-electron chi connectivity index (χ4n) is 2.77. The molecule has 0 atom stereocenters. The van der Waals surface area contributed by atoms with E-state index in [9.17, 15) is 4.79 Å². The van der Waals surface area contributed by atoms with Gasteiger partial charge in [0.2, 0.25) is 5.91 Å². The van der Waals surface area contributed by atoms with Crippen LogP contribution in [0.15, 0.2) is 0 Å². The Morgan fingerprint density at radius 2 is 1.25 bits per heavy atom. The molecule has 1 saturated heterocycles. The number of ether oxygens (including phenoxy) is 3. The molecule has 1 heterocycles. The molecule has 0 saturated carbocycles. The van der Waals surface area contributed by atoms with E-state index < -0.39 is 0 Å². The molecule has 0 aliphatic carbocycles. The molecule has 28 heavy (non-hydrogen) atoms. The molecule has 1 fully saturated rings. The van der Waals surface area contributed by atoms with Crippen LogP contribution in [0.5, 0.6) is 0 Å². The number of rotatable bonds is 16. The van der Waals surface area contributed by atoms with E-state index in [1.807, 2.05) is 20.8 Å². The number of carbonyl (C=O) groups excluding carboxylic acids is 1. The van der Waals surface area contributed by atoms with E-state index >= 15 is 0 Å². The molecule has 0 bridgehead atoms. The summed E-state index contributed by atoms with van der Waals surface area (Å²) in [5, 5.41) is 2.83. The fraction of sp³-hybridized carbons (Fsp3) is 0.952. The predicted molar refractivity (Wildman–Crippen MR) is 115 cm³/mol. The van der Waals surface area contributed by atoms with E-state index in [1.54, 1.807) is 0 Å². The van der Waals surface area contributed by atoms with Crippen molar-refractivity contribution in [2.75, 3.05) is 85.5 Å². The first kappa shape index (κ1) is 27.3. The molecule has 7 heteroatoms. The van der Waals surface area contributed by atoms with Crippen LogP contribution < -0.4 is 5.32 Å². The summed E-state index contributed by atoms with van der Waals surface area (Å²) >= 11 is 0. The molecule has 1 N–H and O–H groups in total. The highest BCUT2D eigenvalue weighted by molar-refractivity contribution is 5.75. The van der Waals surface area contributed by atoms with E-state index in [4.69, 9.17) is 14.2 Å². The maximum absolute atomic E-state index is 11.3.